The molecule has 0 bridgehead atoms. The Morgan fingerprint density at radius 1 is 1.50 bits per heavy atom. The summed E-state index contributed by atoms with van der Waals surface area (Å²) in [5, 5.41) is 0. The Morgan fingerprint density at radius 2 is 2.10 bits per heavy atom. The molecule has 0 amide bonds. The smallest absolute Gasteiger partial charge is 0.352 e. The van der Waals surface area contributed by atoms with Crippen LogP contribution in [-0.4, -0.2) is 31.9 Å². The van der Waals surface area contributed by atoms with E-state index in [2.05, 4.69) is 14.3 Å². The van der Waals surface area contributed by atoms with Gasteiger partial charge in [0.25, 0.3) is 0 Å². The quantitative estimate of drug-likeness (QED) is 0.280. The van der Waals surface area contributed by atoms with Crippen LogP contribution in [0.2, 0.25) is 0 Å². The highest BCUT2D eigenvalue weighted by Crippen LogP contribution is 2.36. The van der Waals surface area contributed by atoms with Crippen LogP contribution in [0.5, 0.6) is 0 Å². The van der Waals surface area contributed by atoms with Crippen LogP contribution in [-0.2, 0) is 18.9 Å². The van der Waals surface area contributed by atoms with Crippen molar-refractivity contribution in [2.45, 2.75) is 0 Å². The molecule has 1 N–H and O–H groups in total. The summed E-state index contributed by atoms with van der Waals surface area (Å²) in [6, 6.07) is 0. The van der Waals surface area contributed by atoms with Crippen molar-refractivity contribution in [3.63, 3.8) is 0 Å². The monoisotopic (exact) mass is 170 g/mol. The van der Waals surface area contributed by atoms with E-state index < -0.39 is 7.60 Å². The van der Waals surface area contributed by atoms with Crippen molar-refractivity contribution < 1.29 is 23.8 Å². The zero-order chi connectivity index (χ0) is 8.04. The van der Waals surface area contributed by atoms with Gasteiger partial charge in [-0.25, -0.2) is 4.89 Å². The van der Waals surface area contributed by atoms with Crippen molar-refractivity contribution in [3.8, 4) is 0 Å². The zero-order valence-corrected chi connectivity index (χ0v) is 6.84. The second kappa shape index (κ2) is 4.82. The lowest BCUT2D eigenvalue weighted by molar-refractivity contribution is -0.218. The SMILES string of the molecule is COCCOOP(C)(=O)O. The van der Waals surface area contributed by atoms with E-state index in [1.807, 2.05) is 0 Å². The van der Waals surface area contributed by atoms with Crippen LogP contribution in [0.25, 0.3) is 0 Å². The molecule has 0 aliphatic heterocycles. The fourth-order valence-corrected chi connectivity index (χ4v) is 0.523. The maximum absolute atomic E-state index is 10.3. The van der Waals surface area contributed by atoms with E-state index in [9.17, 15) is 4.57 Å². The van der Waals surface area contributed by atoms with E-state index in [0.29, 0.717) is 6.61 Å². The Morgan fingerprint density at radius 3 is 2.50 bits per heavy atom. The summed E-state index contributed by atoms with van der Waals surface area (Å²) in [6.45, 7) is 1.52. The minimum atomic E-state index is -3.48. The van der Waals surface area contributed by atoms with Crippen LogP contribution >= 0.6 is 7.60 Å². The molecule has 5 nitrogen and oxygen atoms in total. The highest BCUT2D eigenvalue weighted by Gasteiger charge is 2.10. The van der Waals surface area contributed by atoms with Crippen LogP contribution in [0.1, 0.15) is 0 Å². The Bertz CT molecular complexity index is 119. The fraction of sp³-hybridized carbons (Fsp3) is 1.00. The number of rotatable bonds is 5. The van der Waals surface area contributed by atoms with E-state index in [1.54, 1.807) is 0 Å². The first-order valence-corrected chi connectivity index (χ1v) is 4.69. The molecule has 0 aromatic heterocycles. The van der Waals surface area contributed by atoms with Gasteiger partial charge in [-0.05, 0) is 0 Å². The van der Waals surface area contributed by atoms with Gasteiger partial charge < -0.3 is 9.63 Å². The summed E-state index contributed by atoms with van der Waals surface area (Å²) >= 11 is 0. The Labute approximate surface area is 59.4 Å². The summed E-state index contributed by atoms with van der Waals surface area (Å²) in [5.41, 5.74) is 0. The molecule has 0 aromatic rings. The van der Waals surface area contributed by atoms with Gasteiger partial charge in [0.05, 0.1) is 6.61 Å². The zero-order valence-electron chi connectivity index (χ0n) is 5.94. The molecular weight excluding hydrogens is 159 g/mol. The topological polar surface area (TPSA) is 65.0 Å². The average molecular weight is 170 g/mol. The summed E-state index contributed by atoms with van der Waals surface area (Å²) in [4.78, 5) is 12.8. The maximum atomic E-state index is 10.3. The van der Waals surface area contributed by atoms with Crippen molar-refractivity contribution in [1.29, 1.82) is 0 Å². The van der Waals surface area contributed by atoms with Crippen molar-refractivity contribution in [1.82, 2.24) is 0 Å². The molecule has 1 unspecified atom stereocenters. The van der Waals surface area contributed by atoms with Crippen molar-refractivity contribution in [2.24, 2.45) is 0 Å². The second-order valence-corrected chi connectivity index (χ2v) is 3.45. The predicted molar refractivity (Wildman–Crippen MR) is 34.7 cm³/mol. The molecule has 0 radical (unpaired) electrons. The molecule has 0 fully saturated rings. The summed E-state index contributed by atoms with van der Waals surface area (Å²) in [6.07, 6.45) is 0. The summed E-state index contributed by atoms with van der Waals surface area (Å²) < 4.78 is 19.0. The molecule has 0 rings (SSSR count). The molecule has 62 valence electrons. The largest absolute Gasteiger partial charge is 0.382 e. The molecule has 0 spiro atoms. The Hall–Kier alpha value is 0.0700. The standard InChI is InChI=1S/C4H11O5P/c1-7-3-4-8-9-10(2,5)6/h3-4H2,1-2H3,(H,5,6). The van der Waals surface area contributed by atoms with Gasteiger partial charge in [-0.3, -0.25) is 4.57 Å². The molecule has 0 heterocycles. The molecule has 0 aliphatic carbocycles. The molecule has 1 atom stereocenters. The highest BCUT2D eigenvalue weighted by atomic mass is 31.2. The minimum Gasteiger partial charge on any atom is -0.382 e. The molecule has 0 saturated heterocycles. The van der Waals surface area contributed by atoms with Crippen LogP contribution in [0.4, 0.5) is 0 Å². The first-order valence-electron chi connectivity index (χ1n) is 2.66. The lowest BCUT2D eigenvalue weighted by atomic mass is 10.8. The van der Waals surface area contributed by atoms with Gasteiger partial charge in [-0.1, -0.05) is 0 Å². The van der Waals surface area contributed by atoms with Gasteiger partial charge in [-0.15, -0.1) is 4.67 Å². The van der Waals surface area contributed by atoms with Crippen LogP contribution in [0.3, 0.4) is 0 Å². The van der Waals surface area contributed by atoms with Gasteiger partial charge in [0.2, 0.25) is 0 Å². The molecule has 0 saturated carbocycles. The van der Waals surface area contributed by atoms with Crippen molar-refractivity contribution in [2.75, 3.05) is 27.0 Å². The van der Waals surface area contributed by atoms with E-state index in [0.717, 1.165) is 6.66 Å². The van der Waals surface area contributed by atoms with Crippen LogP contribution in [0.15, 0.2) is 0 Å². The lowest BCUT2D eigenvalue weighted by Gasteiger charge is -2.04. The maximum Gasteiger partial charge on any atom is 0.352 e. The third kappa shape index (κ3) is 8.07. The van der Waals surface area contributed by atoms with Crippen LogP contribution in [0, 0.1) is 0 Å². The van der Waals surface area contributed by atoms with Gasteiger partial charge in [0, 0.05) is 13.8 Å². The average Bonchev–Trinajstić information content (AvgIpc) is 1.78. The molecule has 6 heteroatoms. The number of ether oxygens (including phenoxy) is 1. The van der Waals surface area contributed by atoms with E-state index in [1.165, 1.54) is 7.11 Å². The molecule has 10 heavy (non-hydrogen) atoms. The summed E-state index contributed by atoms with van der Waals surface area (Å²) in [7, 11) is -1.99. The van der Waals surface area contributed by atoms with Crippen molar-refractivity contribution >= 4 is 7.60 Å². The molecule has 0 aliphatic rings. The first-order chi connectivity index (χ1) is 4.56. The molecular formula is C4H11O5P. The summed E-state index contributed by atoms with van der Waals surface area (Å²) in [5.74, 6) is 0. The number of methoxy groups -OCH3 is 1. The minimum absolute atomic E-state index is 0.148. The first kappa shape index (κ1) is 10.1. The normalized spacial score (nSPS) is 16.7. The van der Waals surface area contributed by atoms with E-state index >= 15 is 0 Å². The van der Waals surface area contributed by atoms with Gasteiger partial charge >= 0.3 is 7.60 Å². The second-order valence-electron chi connectivity index (χ2n) is 1.69. The number of hydrogen-bond donors (Lipinski definition) is 1. The third-order valence-electron chi connectivity index (χ3n) is 0.562. The van der Waals surface area contributed by atoms with Gasteiger partial charge in [-0.2, -0.15) is 0 Å². The van der Waals surface area contributed by atoms with Crippen molar-refractivity contribution in [3.05, 3.63) is 0 Å². The van der Waals surface area contributed by atoms with E-state index in [4.69, 9.17) is 4.89 Å². The highest BCUT2D eigenvalue weighted by molar-refractivity contribution is 7.51. The Balaban J connectivity index is 3.13. The van der Waals surface area contributed by atoms with Gasteiger partial charge in [0.15, 0.2) is 0 Å². The fourth-order valence-electron chi connectivity index (χ4n) is 0.252. The van der Waals surface area contributed by atoms with E-state index in [-0.39, 0.29) is 6.61 Å². The number of hydrogen-bond acceptors (Lipinski definition) is 4. The lowest BCUT2D eigenvalue weighted by Crippen LogP contribution is -2.01. The third-order valence-corrected chi connectivity index (χ3v) is 0.944. The Kier molecular flexibility index (Phi) is 4.85. The van der Waals surface area contributed by atoms with Crippen LogP contribution < -0.4 is 0 Å². The molecule has 0 aromatic carbocycles. The predicted octanol–water partition coefficient (Wildman–Crippen LogP) is 0.396. The van der Waals surface area contributed by atoms with Gasteiger partial charge in [0.1, 0.15) is 6.61 Å².